The van der Waals surface area contributed by atoms with Crippen molar-refractivity contribution in [2.75, 3.05) is 0 Å². The highest BCUT2D eigenvalue weighted by Gasteiger charge is 2.01. The molecule has 128 valence electrons. The first-order valence-corrected chi connectivity index (χ1v) is 8.54. The second kappa shape index (κ2) is 16.2. The van der Waals surface area contributed by atoms with Crippen molar-refractivity contribution in [1.29, 1.82) is 0 Å². The standard InChI is InChI=1S/C18H32O4/c1-2-3-4-5-8-11-14-17(22-21)15-12-9-6-7-10-13-16-18(19)20/h8,11-12,15,17,21H,2-7,9-10,13-14,16H2,1H3,(H,19,20)/b11-8+,15-12+. The molecule has 0 radical (unpaired) electrons. The van der Waals surface area contributed by atoms with E-state index >= 15 is 0 Å². The van der Waals surface area contributed by atoms with Gasteiger partial charge in [-0.25, -0.2) is 4.89 Å². The van der Waals surface area contributed by atoms with Gasteiger partial charge >= 0.3 is 5.97 Å². The van der Waals surface area contributed by atoms with Gasteiger partial charge in [-0.15, -0.1) is 0 Å². The van der Waals surface area contributed by atoms with Gasteiger partial charge in [-0.05, 0) is 38.5 Å². The van der Waals surface area contributed by atoms with Gasteiger partial charge in [0.2, 0.25) is 0 Å². The van der Waals surface area contributed by atoms with Gasteiger partial charge in [0, 0.05) is 6.42 Å². The molecule has 0 aliphatic carbocycles. The first-order chi connectivity index (χ1) is 10.7. The number of rotatable bonds is 15. The number of carboxylic acids is 1. The van der Waals surface area contributed by atoms with Crippen LogP contribution in [0.4, 0.5) is 0 Å². The fourth-order valence-corrected chi connectivity index (χ4v) is 2.16. The normalized spacial score (nSPS) is 13.2. The molecule has 1 atom stereocenters. The molecule has 0 aliphatic rings. The quantitative estimate of drug-likeness (QED) is 0.185. The van der Waals surface area contributed by atoms with Crippen LogP contribution in [0, 0.1) is 0 Å². The van der Waals surface area contributed by atoms with Crippen LogP contribution in [0.2, 0.25) is 0 Å². The first kappa shape index (κ1) is 20.9. The molecule has 22 heavy (non-hydrogen) atoms. The molecule has 0 aromatic carbocycles. The molecule has 0 saturated carbocycles. The van der Waals surface area contributed by atoms with Crippen molar-refractivity contribution in [3.8, 4) is 0 Å². The average molecular weight is 312 g/mol. The lowest BCUT2D eigenvalue weighted by Gasteiger charge is -2.05. The summed E-state index contributed by atoms with van der Waals surface area (Å²) in [5, 5.41) is 17.4. The molecular weight excluding hydrogens is 280 g/mol. The molecule has 2 N–H and O–H groups in total. The minimum absolute atomic E-state index is 0.265. The summed E-state index contributed by atoms with van der Waals surface area (Å²) in [7, 11) is 0. The molecule has 0 amide bonds. The second-order valence-corrected chi connectivity index (χ2v) is 5.62. The van der Waals surface area contributed by atoms with Crippen LogP contribution in [-0.2, 0) is 9.68 Å². The molecule has 0 bridgehead atoms. The minimum atomic E-state index is -0.717. The molecule has 0 aromatic rings. The SMILES string of the molecule is CCCCC/C=C/CC(/C=C/CCCCCCC(=O)O)OO. The summed E-state index contributed by atoms with van der Waals surface area (Å²) in [5.41, 5.74) is 0. The van der Waals surface area contributed by atoms with Crippen LogP contribution in [0.5, 0.6) is 0 Å². The van der Waals surface area contributed by atoms with E-state index in [0.29, 0.717) is 6.42 Å². The molecule has 0 aliphatic heterocycles. The molecule has 4 heteroatoms. The number of hydrogen-bond donors (Lipinski definition) is 2. The molecule has 0 heterocycles. The second-order valence-electron chi connectivity index (χ2n) is 5.62. The number of aliphatic carboxylic acids is 1. The van der Waals surface area contributed by atoms with Crippen LogP contribution in [0.15, 0.2) is 24.3 Å². The summed E-state index contributed by atoms with van der Waals surface area (Å²) < 4.78 is 0. The van der Waals surface area contributed by atoms with Crippen molar-refractivity contribution in [3.05, 3.63) is 24.3 Å². The van der Waals surface area contributed by atoms with E-state index in [-0.39, 0.29) is 12.5 Å². The monoisotopic (exact) mass is 312 g/mol. The van der Waals surface area contributed by atoms with Crippen molar-refractivity contribution in [2.45, 2.75) is 83.7 Å². The third-order valence-electron chi connectivity index (χ3n) is 3.51. The molecule has 0 rings (SSSR count). The zero-order chi connectivity index (χ0) is 16.5. The number of allylic oxidation sites excluding steroid dienone is 2. The van der Waals surface area contributed by atoms with Crippen LogP contribution in [0.3, 0.4) is 0 Å². The van der Waals surface area contributed by atoms with Gasteiger partial charge in [0.1, 0.15) is 6.10 Å². The van der Waals surface area contributed by atoms with Gasteiger partial charge in [0.15, 0.2) is 0 Å². The van der Waals surface area contributed by atoms with Crippen molar-refractivity contribution < 1.29 is 20.0 Å². The first-order valence-electron chi connectivity index (χ1n) is 8.54. The van der Waals surface area contributed by atoms with Crippen LogP contribution < -0.4 is 0 Å². The lowest BCUT2D eigenvalue weighted by Crippen LogP contribution is -2.05. The van der Waals surface area contributed by atoms with Crippen LogP contribution >= 0.6 is 0 Å². The predicted octanol–water partition coefficient (Wildman–Crippen LogP) is 5.35. The van der Waals surface area contributed by atoms with Gasteiger partial charge in [-0.1, -0.05) is 56.9 Å². The Morgan fingerprint density at radius 1 is 1.00 bits per heavy atom. The third-order valence-corrected chi connectivity index (χ3v) is 3.51. The molecule has 0 fully saturated rings. The van der Waals surface area contributed by atoms with E-state index in [2.05, 4.69) is 24.0 Å². The van der Waals surface area contributed by atoms with E-state index in [1.54, 1.807) is 0 Å². The number of carboxylic acid groups (broad SMARTS) is 1. The van der Waals surface area contributed by atoms with Gasteiger partial charge in [-0.2, -0.15) is 0 Å². The summed E-state index contributed by atoms with van der Waals surface area (Å²) in [5.74, 6) is -0.717. The lowest BCUT2D eigenvalue weighted by molar-refractivity contribution is -0.264. The van der Waals surface area contributed by atoms with Crippen molar-refractivity contribution >= 4 is 5.97 Å². The highest BCUT2D eigenvalue weighted by atomic mass is 17.1. The Morgan fingerprint density at radius 3 is 2.36 bits per heavy atom. The predicted molar refractivity (Wildman–Crippen MR) is 89.9 cm³/mol. The van der Waals surface area contributed by atoms with Crippen LogP contribution in [0.1, 0.15) is 77.6 Å². The maximum absolute atomic E-state index is 10.3. The van der Waals surface area contributed by atoms with Gasteiger partial charge in [0.05, 0.1) is 0 Å². The Balaban J connectivity index is 3.59. The van der Waals surface area contributed by atoms with E-state index in [4.69, 9.17) is 10.4 Å². The zero-order valence-corrected chi connectivity index (χ0v) is 13.9. The molecule has 1 unspecified atom stereocenters. The molecule has 0 saturated heterocycles. The van der Waals surface area contributed by atoms with Crippen molar-refractivity contribution in [3.63, 3.8) is 0 Å². The summed E-state index contributed by atoms with van der Waals surface area (Å²) in [4.78, 5) is 14.8. The summed E-state index contributed by atoms with van der Waals surface area (Å²) in [6, 6.07) is 0. The van der Waals surface area contributed by atoms with Crippen LogP contribution in [0.25, 0.3) is 0 Å². The van der Waals surface area contributed by atoms with E-state index < -0.39 is 5.97 Å². The largest absolute Gasteiger partial charge is 0.481 e. The highest BCUT2D eigenvalue weighted by Crippen LogP contribution is 2.08. The van der Waals surface area contributed by atoms with E-state index in [1.807, 2.05) is 12.2 Å². The van der Waals surface area contributed by atoms with E-state index in [0.717, 1.165) is 38.5 Å². The molecule has 0 aromatic heterocycles. The Morgan fingerprint density at radius 2 is 1.68 bits per heavy atom. The average Bonchev–Trinajstić information content (AvgIpc) is 2.50. The summed E-state index contributed by atoms with van der Waals surface area (Å²) in [6.45, 7) is 2.19. The topological polar surface area (TPSA) is 66.8 Å². The van der Waals surface area contributed by atoms with Crippen molar-refractivity contribution in [1.82, 2.24) is 0 Å². The fraction of sp³-hybridized carbons (Fsp3) is 0.722. The lowest BCUT2D eigenvalue weighted by atomic mass is 10.1. The maximum atomic E-state index is 10.3. The van der Waals surface area contributed by atoms with Crippen molar-refractivity contribution in [2.24, 2.45) is 0 Å². The van der Waals surface area contributed by atoms with E-state index in [1.165, 1.54) is 19.3 Å². The van der Waals surface area contributed by atoms with Gasteiger partial charge < -0.3 is 5.11 Å². The number of carbonyl (C=O) groups is 1. The molecular formula is C18H32O4. The highest BCUT2D eigenvalue weighted by molar-refractivity contribution is 5.66. The van der Waals surface area contributed by atoms with Gasteiger partial charge in [0.25, 0.3) is 0 Å². The zero-order valence-electron chi connectivity index (χ0n) is 13.9. The number of unbranched alkanes of at least 4 members (excludes halogenated alkanes) is 7. The molecule has 0 spiro atoms. The van der Waals surface area contributed by atoms with E-state index in [9.17, 15) is 4.79 Å². The fourth-order valence-electron chi connectivity index (χ4n) is 2.16. The maximum Gasteiger partial charge on any atom is 0.303 e. The minimum Gasteiger partial charge on any atom is -0.481 e. The molecule has 4 nitrogen and oxygen atoms in total. The smallest absolute Gasteiger partial charge is 0.303 e. The Hall–Kier alpha value is -1.13. The van der Waals surface area contributed by atoms with Crippen LogP contribution in [-0.4, -0.2) is 22.4 Å². The van der Waals surface area contributed by atoms with Gasteiger partial charge in [-0.3, -0.25) is 10.1 Å². The Labute approximate surface area is 134 Å². The Kier molecular flexibility index (Phi) is 15.4. The summed E-state index contributed by atoms with van der Waals surface area (Å²) >= 11 is 0. The Bertz CT molecular complexity index is 310. The number of hydrogen-bond acceptors (Lipinski definition) is 3. The third kappa shape index (κ3) is 15.3. The summed E-state index contributed by atoms with van der Waals surface area (Å²) in [6.07, 6.45) is 18.4.